The van der Waals surface area contributed by atoms with E-state index in [9.17, 15) is 4.79 Å². The first-order valence-corrected chi connectivity index (χ1v) is 2.82. The molecule has 0 aromatic heterocycles. The highest BCUT2D eigenvalue weighted by molar-refractivity contribution is 5.82. The molecule has 50 valence electrons. The number of carbonyl (C=O) groups excluding carboxylic acids is 1. The predicted octanol–water partition coefficient (Wildman–Crippen LogP) is -1.49. The van der Waals surface area contributed by atoms with Crippen molar-refractivity contribution >= 4 is 12.1 Å². The molecule has 4 nitrogen and oxygen atoms in total. The maximum atomic E-state index is 10.4. The fraction of sp³-hybridized carbons (Fsp3) is 0.600. The summed E-state index contributed by atoms with van der Waals surface area (Å²) in [4.78, 5) is 14.3. The second-order valence-corrected chi connectivity index (χ2v) is 1.91. The number of amides is 1. The van der Waals surface area contributed by atoms with E-state index < -0.39 is 0 Å². The van der Waals surface area contributed by atoms with Crippen LogP contribution in [0.25, 0.3) is 0 Å². The molecule has 1 aliphatic rings. The first kappa shape index (κ1) is 6.22. The normalized spacial score (nSPS) is 26.0. The lowest BCUT2D eigenvalue weighted by atomic mass is 10.2. The van der Waals surface area contributed by atoms with E-state index in [1.807, 2.05) is 0 Å². The van der Waals surface area contributed by atoms with Gasteiger partial charge in [0.15, 0.2) is 0 Å². The number of primary amides is 1. The van der Waals surface area contributed by atoms with Gasteiger partial charge in [-0.3, -0.25) is 9.79 Å². The largest absolute Gasteiger partial charge is 0.368 e. The number of hydrogen-bond acceptors (Lipinski definition) is 3. The predicted molar refractivity (Wildman–Crippen MR) is 34.3 cm³/mol. The van der Waals surface area contributed by atoms with Crippen LogP contribution in [0.5, 0.6) is 0 Å². The summed E-state index contributed by atoms with van der Waals surface area (Å²) in [6.45, 7) is 1.32. The maximum absolute atomic E-state index is 10.4. The van der Waals surface area contributed by atoms with Crippen LogP contribution in [-0.2, 0) is 4.79 Å². The number of carbonyl (C=O) groups is 1. The second kappa shape index (κ2) is 2.59. The third-order valence-electron chi connectivity index (χ3n) is 1.19. The van der Waals surface area contributed by atoms with E-state index in [2.05, 4.69) is 10.3 Å². The molecule has 0 aliphatic carbocycles. The van der Waals surface area contributed by atoms with Crippen molar-refractivity contribution in [3.63, 3.8) is 0 Å². The average Bonchev–Trinajstić information content (AvgIpc) is 1.90. The van der Waals surface area contributed by atoms with Crippen LogP contribution >= 0.6 is 0 Å². The number of nitrogens with zero attached hydrogens (tertiary/aromatic N) is 1. The Hall–Kier alpha value is -0.900. The fourth-order valence-electron chi connectivity index (χ4n) is 0.691. The zero-order chi connectivity index (χ0) is 6.69. The molecule has 1 heterocycles. The quantitative estimate of drug-likeness (QED) is 0.451. The molecule has 0 bridgehead atoms. The minimum atomic E-state index is -0.363. The summed E-state index contributed by atoms with van der Waals surface area (Å²) in [6.07, 6.45) is 1.67. The molecule has 3 N–H and O–H groups in total. The van der Waals surface area contributed by atoms with Crippen molar-refractivity contribution in [3.8, 4) is 0 Å². The Morgan fingerprint density at radius 3 is 3.00 bits per heavy atom. The van der Waals surface area contributed by atoms with Gasteiger partial charge in [0.25, 0.3) is 0 Å². The van der Waals surface area contributed by atoms with Crippen LogP contribution in [0.3, 0.4) is 0 Å². The smallest absolute Gasteiger partial charge is 0.243 e. The molecule has 0 saturated heterocycles. The third-order valence-corrected chi connectivity index (χ3v) is 1.19. The standard InChI is InChI=1S/C5H9N3O/c6-5(9)4-3-7-1-2-8-4/h2,4,7H,1,3H2,(H2,6,9). The van der Waals surface area contributed by atoms with E-state index >= 15 is 0 Å². The monoisotopic (exact) mass is 127 g/mol. The van der Waals surface area contributed by atoms with Gasteiger partial charge in [0.05, 0.1) is 0 Å². The maximum Gasteiger partial charge on any atom is 0.243 e. The average molecular weight is 127 g/mol. The van der Waals surface area contributed by atoms with Crippen LogP contribution in [0.4, 0.5) is 0 Å². The highest BCUT2D eigenvalue weighted by Gasteiger charge is 2.13. The van der Waals surface area contributed by atoms with E-state index in [1.54, 1.807) is 6.21 Å². The molecule has 1 amide bonds. The molecule has 0 aromatic rings. The Morgan fingerprint density at radius 1 is 1.89 bits per heavy atom. The summed E-state index contributed by atoms with van der Waals surface area (Å²) in [5, 5.41) is 2.97. The van der Waals surface area contributed by atoms with E-state index in [0.717, 1.165) is 6.54 Å². The van der Waals surface area contributed by atoms with Gasteiger partial charge < -0.3 is 11.1 Å². The first-order chi connectivity index (χ1) is 4.30. The van der Waals surface area contributed by atoms with Gasteiger partial charge in [0.2, 0.25) is 5.91 Å². The Morgan fingerprint density at radius 2 is 2.67 bits per heavy atom. The molecule has 0 spiro atoms. The van der Waals surface area contributed by atoms with E-state index in [4.69, 9.17) is 5.73 Å². The Bertz CT molecular complexity index is 143. The molecule has 1 atom stereocenters. The summed E-state index contributed by atoms with van der Waals surface area (Å²) in [5.74, 6) is -0.363. The number of hydrogen-bond donors (Lipinski definition) is 2. The van der Waals surface area contributed by atoms with Crippen molar-refractivity contribution in [2.24, 2.45) is 10.7 Å². The van der Waals surface area contributed by atoms with Crippen LogP contribution in [0, 0.1) is 0 Å². The number of nitrogens with two attached hydrogens (primary N) is 1. The topological polar surface area (TPSA) is 67.5 Å². The Kier molecular flexibility index (Phi) is 1.79. The summed E-state index contributed by atoms with van der Waals surface area (Å²) in [7, 11) is 0. The van der Waals surface area contributed by atoms with Crippen LogP contribution in [0.15, 0.2) is 4.99 Å². The molecule has 0 saturated carbocycles. The molecule has 4 heteroatoms. The van der Waals surface area contributed by atoms with Crippen molar-refractivity contribution in [3.05, 3.63) is 0 Å². The summed E-state index contributed by atoms with van der Waals surface area (Å²) in [6, 6.07) is -0.348. The highest BCUT2D eigenvalue weighted by atomic mass is 16.1. The zero-order valence-corrected chi connectivity index (χ0v) is 5.00. The van der Waals surface area contributed by atoms with Crippen molar-refractivity contribution < 1.29 is 4.79 Å². The van der Waals surface area contributed by atoms with Crippen molar-refractivity contribution in [2.45, 2.75) is 6.04 Å². The third kappa shape index (κ3) is 1.50. The zero-order valence-electron chi connectivity index (χ0n) is 5.00. The second-order valence-electron chi connectivity index (χ2n) is 1.91. The number of aliphatic imine (C=N–C) groups is 1. The fourth-order valence-corrected chi connectivity index (χ4v) is 0.691. The lowest BCUT2D eigenvalue weighted by Crippen LogP contribution is -2.40. The number of nitrogens with one attached hydrogen (secondary N) is 1. The minimum absolute atomic E-state index is 0.348. The molecular formula is C5H9N3O. The van der Waals surface area contributed by atoms with Crippen molar-refractivity contribution in [1.29, 1.82) is 0 Å². The van der Waals surface area contributed by atoms with Crippen LogP contribution in [0.1, 0.15) is 0 Å². The molecule has 1 aliphatic heterocycles. The van der Waals surface area contributed by atoms with E-state index in [1.165, 1.54) is 0 Å². The highest BCUT2D eigenvalue weighted by Crippen LogP contribution is 1.89. The van der Waals surface area contributed by atoms with E-state index in [-0.39, 0.29) is 11.9 Å². The molecule has 1 rings (SSSR count). The first-order valence-electron chi connectivity index (χ1n) is 2.82. The molecule has 9 heavy (non-hydrogen) atoms. The molecule has 1 unspecified atom stereocenters. The Balaban J connectivity index is 2.50. The number of rotatable bonds is 1. The van der Waals surface area contributed by atoms with Crippen LogP contribution in [-0.4, -0.2) is 31.3 Å². The van der Waals surface area contributed by atoms with Crippen molar-refractivity contribution in [2.75, 3.05) is 13.1 Å². The lowest BCUT2D eigenvalue weighted by molar-refractivity contribution is -0.119. The molecule has 0 fully saturated rings. The summed E-state index contributed by atoms with van der Waals surface area (Å²) in [5.41, 5.74) is 4.97. The SMILES string of the molecule is NC(=O)C1CNCC=N1. The van der Waals surface area contributed by atoms with Gasteiger partial charge in [-0.1, -0.05) is 0 Å². The van der Waals surface area contributed by atoms with Gasteiger partial charge in [-0.2, -0.15) is 0 Å². The van der Waals surface area contributed by atoms with Gasteiger partial charge in [0.1, 0.15) is 6.04 Å². The lowest BCUT2D eigenvalue weighted by Gasteiger charge is -2.12. The Labute approximate surface area is 53.1 Å². The van der Waals surface area contributed by atoms with Crippen LogP contribution in [0.2, 0.25) is 0 Å². The van der Waals surface area contributed by atoms with Crippen molar-refractivity contribution in [1.82, 2.24) is 5.32 Å². The van der Waals surface area contributed by atoms with Gasteiger partial charge in [0, 0.05) is 19.3 Å². The molecular weight excluding hydrogens is 118 g/mol. The van der Waals surface area contributed by atoms with E-state index in [0.29, 0.717) is 6.54 Å². The molecule has 0 radical (unpaired) electrons. The van der Waals surface area contributed by atoms with Gasteiger partial charge in [-0.05, 0) is 0 Å². The summed E-state index contributed by atoms with van der Waals surface area (Å²) >= 11 is 0. The van der Waals surface area contributed by atoms with Crippen LogP contribution < -0.4 is 11.1 Å². The van der Waals surface area contributed by atoms with Gasteiger partial charge in [-0.15, -0.1) is 0 Å². The molecule has 0 aromatic carbocycles. The van der Waals surface area contributed by atoms with Gasteiger partial charge in [-0.25, -0.2) is 0 Å². The van der Waals surface area contributed by atoms with Gasteiger partial charge >= 0.3 is 0 Å². The minimum Gasteiger partial charge on any atom is -0.368 e. The summed E-state index contributed by atoms with van der Waals surface area (Å²) < 4.78 is 0.